The summed E-state index contributed by atoms with van der Waals surface area (Å²) in [6, 6.07) is 3.31. The number of aliphatic hydroxyl groups excluding tert-OH is 1. The van der Waals surface area contributed by atoms with Crippen molar-refractivity contribution in [2.24, 2.45) is 0 Å². The molecule has 5 heteroatoms. The second-order valence-electron chi connectivity index (χ2n) is 3.43. The van der Waals surface area contributed by atoms with Gasteiger partial charge in [-0.3, -0.25) is 4.79 Å². The van der Waals surface area contributed by atoms with Crippen LogP contribution in [-0.4, -0.2) is 22.7 Å². The number of hydrogen-bond acceptors (Lipinski definition) is 3. The van der Waals surface area contributed by atoms with Gasteiger partial charge in [0, 0.05) is 6.54 Å². The molecule has 15 heavy (non-hydrogen) atoms. The van der Waals surface area contributed by atoms with E-state index in [1.54, 1.807) is 12.1 Å². The molecule has 4 nitrogen and oxygen atoms in total. The van der Waals surface area contributed by atoms with E-state index >= 15 is 0 Å². The number of halogens is 1. The maximum Gasteiger partial charge on any atom is 0.312 e. The number of aliphatic hydroxyl groups is 1. The maximum absolute atomic E-state index is 11.0. The molecule has 0 saturated heterocycles. The van der Waals surface area contributed by atoms with Crippen molar-refractivity contribution in [2.45, 2.75) is 12.5 Å². The molecule has 0 spiro atoms. The first-order valence-corrected chi connectivity index (χ1v) is 4.91. The number of carboxylic acid groups (broad SMARTS) is 1. The fourth-order valence-electron chi connectivity index (χ4n) is 1.87. The summed E-state index contributed by atoms with van der Waals surface area (Å²) in [5.74, 6) is -1.53. The summed E-state index contributed by atoms with van der Waals surface area (Å²) in [5, 5.41) is 21.6. The normalized spacial score (nSPS) is 18.4. The zero-order valence-electron chi connectivity index (χ0n) is 7.83. The summed E-state index contributed by atoms with van der Waals surface area (Å²) >= 11 is 5.93. The number of rotatable bonds is 2. The monoisotopic (exact) mass is 227 g/mol. The molecular weight excluding hydrogens is 218 g/mol. The average molecular weight is 228 g/mol. The standard InChI is InChI=1S/C10H10ClNO3/c11-7-2-1-5(4-13)8-6(10(14)15)3-12-9(7)8/h1-2,6,12-13H,3-4H2,(H,14,15). The lowest BCUT2D eigenvalue weighted by molar-refractivity contribution is -0.138. The molecule has 0 bridgehead atoms. The molecule has 1 aliphatic rings. The van der Waals surface area contributed by atoms with Crippen molar-refractivity contribution in [3.63, 3.8) is 0 Å². The Bertz CT molecular complexity index is 419. The van der Waals surface area contributed by atoms with Crippen LogP contribution in [0.2, 0.25) is 5.02 Å². The number of carbonyl (C=O) groups is 1. The maximum atomic E-state index is 11.0. The van der Waals surface area contributed by atoms with Crippen LogP contribution in [0.5, 0.6) is 0 Å². The van der Waals surface area contributed by atoms with E-state index in [2.05, 4.69) is 5.32 Å². The smallest absolute Gasteiger partial charge is 0.312 e. The molecule has 0 aromatic heterocycles. The van der Waals surface area contributed by atoms with Gasteiger partial charge in [-0.1, -0.05) is 17.7 Å². The highest BCUT2D eigenvalue weighted by molar-refractivity contribution is 6.33. The van der Waals surface area contributed by atoms with Crippen LogP contribution in [0, 0.1) is 0 Å². The minimum absolute atomic E-state index is 0.176. The van der Waals surface area contributed by atoms with Crippen molar-refractivity contribution in [1.29, 1.82) is 0 Å². The fraction of sp³-hybridized carbons (Fsp3) is 0.300. The molecule has 2 rings (SSSR count). The third-order valence-corrected chi connectivity index (χ3v) is 2.90. The highest BCUT2D eigenvalue weighted by Gasteiger charge is 2.31. The Hall–Kier alpha value is -1.26. The van der Waals surface area contributed by atoms with E-state index in [1.807, 2.05) is 0 Å². The van der Waals surface area contributed by atoms with E-state index in [-0.39, 0.29) is 6.61 Å². The minimum atomic E-state index is -0.904. The highest BCUT2D eigenvalue weighted by Crippen LogP contribution is 2.39. The zero-order valence-corrected chi connectivity index (χ0v) is 8.58. The molecule has 1 heterocycles. The molecule has 1 unspecified atom stereocenters. The molecule has 0 amide bonds. The van der Waals surface area contributed by atoms with Crippen LogP contribution in [0.25, 0.3) is 0 Å². The van der Waals surface area contributed by atoms with Crippen molar-refractivity contribution in [2.75, 3.05) is 11.9 Å². The van der Waals surface area contributed by atoms with Gasteiger partial charge in [0.2, 0.25) is 0 Å². The number of benzene rings is 1. The van der Waals surface area contributed by atoms with E-state index in [4.69, 9.17) is 21.8 Å². The van der Waals surface area contributed by atoms with Crippen LogP contribution in [0.3, 0.4) is 0 Å². The number of aliphatic carboxylic acids is 1. The molecule has 0 radical (unpaired) electrons. The van der Waals surface area contributed by atoms with Gasteiger partial charge in [0.25, 0.3) is 0 Å². The lowest BCUT2D eigenvalue weighted by Crippen LogP contribution is -2.14. The Morgan fingerprint density at radius 3 is 2.93 bits per heavy atom. The van der Waals surface area contributed by atoms with Gasteiger partial charge in [-0.2, -0.15) is 0 Å². The van der Waals surface area contributed by atoms with E-state index in [1.165, 1.54) is 0 Å². The zero-order chi connectivity index (χ0) is 11.0. The van der Waals surface area contributed by atoms with Gasteiger partial charge in [0.1, 0.15) is 5.92 Å². The van der Waals surface area contributed by atoms with Crippen molar-refractivity contribution in [3.8, 4) is 0 Å². The topological polar surface area (TPSA) is 69.6 Å². The van der Waals surface area contributed by atoms with Crippen LogP contribution in [0.15, 0.2) is 12.1 Å². The van der Waals surface area contributed by atoms with Crippen LogP contribution in [0.4, 0.5) is 5.69 Å². The Labute approximate surface area is 91.5 Å². The van der Waals surface area contributed by atoms with Gasteiger partial charge in [-0.25, -0.2) is 0 Å². The first kappa shape index (κ1) is 10.3. The molecule has 1 aromatic carbocycles. The summed E-state index contributed by atoms with van der Waals surface area (Å²) in [6.07, 6.45) is 0. The summed E-state index contributed by atoms with van der Waals surface area (Å²) in [6.45, 7) is 0.145. The number of hydrogen-bond donors (Lipinski definition) is 3. The van der Waals surface area contributed by atoms with Crippen molar-refractivity contribution < 1.29 is 15.0 Å². The van der Waals surface area contributed by atoms with Gasteiger partial charge in [-0.05, 0) is 17.2 Å². The summed E-state index contributed by atoms with van der Waals surface area (Å²) in [5.41, 5.74) is 1.86. The van der Waals surface area contributed by atoms with E-state index in [0.29, 0.717) is 28.4 Å². The Kier molecular flexibility index (Phi) is 2.54. The second-order valence-corrected chi connectivity index (χ2v) is 3.83. The third-order valence-electron chi connectivity index (χ3n) is 2.58. The first-order valence-electron chi connectivity index (χ1n) is 4.54. The molecule has 0 aliphatic carbocycles. The highest BCUT2D eigenvalue weighted by atomic mass is 35.5. The summed E-state index contributed by atoms with van der Waals surface area (Å²) in [7, 11) is 0. The van der Waals surface area contributed by atoms with E-state index < -0.39 is 11.9 Å². The van der Waals surface area contributed by atoms with Gasteiger partial charge >= 0.3 is 5.97 Å². The van der Waals surface area contributed by atoms with E-state index in [9.17, 15) is 4.79 Å². The third kappa shape index (κ3) is 1.56. The predicted molar refractivity (Wildman–Crippen MR) is 56.2 cm³/mol. The van der Waals surface area contributed by atoms with Gasteiger partial charge in [0.05, 0.1) is 17.3 Å². The lowest BCUT2D eigenvalue weighted by Gasteiger charge is -2.10. The van der Waals surface area contributed by atoms with Crippen LogP contribution in [-0.2, 0) is 11.4 Å². The first-order chi connectivity index (χ1) is 7.15. The Morgan fingerprint density at radius 2 is 2.33 bits per heavy atom. The van der Waals surface area contributed by atoms with Gasteiger partial charge < -0.3 is 15.5 Å². The van der Waals surface area contributed by atoms with Crippen LogP contribution < -0.4 is 5.32 Å². The van der Waals surface area contributed by atoms with Crippen molar-refractivity contribution >= 4 is 23.3 Å². The van der Waals surface area contributed by atoms with Crippen LogP contribution in [0.1, 0.15) is 17.0 Å². The molecule has 0 fully saturated rings. The molecule has 1 atom stereocenters. The van der Waals surface area contributed by atoms with Gasteiger partial charge in [-0.15, -0.1) is 0 Å². The minimum Gasteiger partial charge on any atom is -0.481 e. The predicted octanol–water partition coefficient (Wildman–Crippen LogP) is 1.43. The largest absolute Gasteiger partial charge is 0.481 e. The molecule has 3 N–H and O–H groups in total. The van der Waals surface area contributed by atoms with Crippen molar-refractivity contribution in [1.82, 2.24) is 0 Å². The Balaban J connectivity index is 2.58. The number of nitrogens with one attached hydrogen (secondary N) is 1. The SMILES string of the molecule is O=C(O)C1CNc2c(Cl)ccc(CO)c21. The van der Waals surface area contributed by atoms with Gasteiger partial charge in [0.15, 0.2) is 0 Å². The van der Waals surface area contributed by atoms with Crippen LogP contribution >= 0.6 is 11.6 Å². The second kappa shape index (κ2) is 3.72. The molecule has 1 aliphatic heterocycles. The number of carboxylic acids is 1. The number of fused-ring (bicyclic) bond motifs is 1. The number of anilines is 1. The molecular formula is C10H10ClNO3. The average Bonchev–Trinajstić information content (AvgIpc) is 2.64. The molecule has 1 aromatic rings. The summed E-state index contributed by atoms with van der Waals surface area (Å²) < 4.78 is 0. The fourth-order valence-corrected chi connectivity index (χ4v) is 2.10. The molecule has 0 saturated carbocycles. The Morgan fingerprint density at radius 1 is 1.60 bits per heavy atom. The van der Waals surface area contributed by atoms with E-state index in [0.717, 1.165) is 0 Å². The lowest BCUT2D eigenvalue weighted by atomic mass is 9.96. The summed E-state index contributed by atoms with van der Waals surface area (Å²) in [4.78, 5) is 11.0. The quantitative estimate of drug-likeness (QED) is 0.715. The molecule has 80 valence electrons. The van der Waals surface area contributed by atoms with Crippen molar-refractivity contribution in [3.05, 3.63) is 28.3 Å².